The topological polar surface area (TPSA) is 54.9 Å². The minimum atomic E-state index is -0.0263. The lowest BCUT2D eigenvalue weighted by molar-refractivity contribution is 0.0704. The van der Waals surface area contributed by atoms with Crippen LogP contribution in [0.1, 0.15) is 10.4 Å². The van der Waals surface area contributed by atoms with E-state index in [1.165, 1.54) is 0 Å². The first-order chi connectivity index (χ1) is 11.6. The Bertz CT molecular complexity index is 715. The highest BCUT2D eigenvalue weighted by Gasteiger charge is 2.33. The molecule has 1 aromatic heterocycles. The molecular weight excluding hydrogens is 306 g/mol. The summed E-state index contributed by atoms with van der Waals surface area (Å²) < 4.78 is 10.5. The molecule has 0 bridgehead atoms. The lowest BCUT2D eigenvalue weighted by atomic mass is 10.1. The number of aromatic nitrogens is 1. The first-order valence-corrected chi connectivity index (χ1v) is 7.79. The molecule has 1 fully saturated rings. The number of carbonyl (C=O) groups is 1. The predicted molar refractivity (Wildman–Crippen MR) is 91.9 cm³/mol. The second-order valence-electron chi connectivity index (χ2n) is 5.73. The van der Waals surface area contributed by atoms with Crippen LogP contribution in [0.5, 0.6) is 11.5 Å². The van der Waals surface area contributed by atoms with Gasteiger partial charge in [-0.25, -0.2) is 4.98 Å². The molecule has 0 unspecified atom stereocenters. The fraction of sp³-hybridized carbons (Fsp3) is 0.333. The van der Waals surface area contributed by atoms with E-state index in [1.54, 1.807) is 43.5 Å². The average Bonchev–Trinajstić information content (AvgIpc) is 2.60. The first-order valence-electron chi connectivity index (χ1n) is 7.79. The summed E-state index contributed by atoms with van der Waals surface area (Å²) in [7, 11) is 4.97. The van der Waals surface area contributed by atoms with Gasteiger partial charge in [-0.15, -0.1) is 0 Å². The van der Waals surface area contributed by atoms with Gasteiger partial charge >= 0.3 is 0 Å². The van der Waals surface area contributed by atoms with Crippen molar-refractivity contribution in [3.05, 3.63) is 48.2 Å². The number of nitrogens with zero attached hydrogens (tertiary/aromatic N) is 3. The van der Waals surface area contributed by atoms with E-state index in [2.05, 4.69) is 9.88 Å². The van der Waals surface area contributed by atoms with Gasteiger partial charge in [-0.2, -0.15) is 0 Å². The van der Waals surface area contributed by atoms with Crippen LogP contribution in [0.4, 0.5) is 5.82 Å². The van der Waals surface area contributed by atoms with Gasteiger partial charge in [-0.3, -0.25) is 4.79 Å². The lowest BCUT2D eigenvalue weighted by Gasteiger charge is -2.44. The number of pyridine rings is 1. The van der Waals surface area contributed by atoms with Crippen molar-refractivity contribution in [3.63, 3.8) is 0 Å². The number of carbonyl (C=O) groups excluding carboxylic acids is 1. The predicted octanol–water partition coefficient (Wildman–Crippen LogP) is 2.06. The molecule has 3 rings (SSSR count). The molecule has 1 aromatic carbocycles. The van der Waals surface area contributed by atoms with Crippen molar-refractivity contribution >= 4 is 11.7 Å². The van der Waals surface area contributed by atoms with Crippen molar-refractivity contribution < 1.29 is 14.3 Å². The summed E-state index contributed by atoms with van der Waals surface area (Å²) in [5.41, 5.74) is 0.589. The largest absolute Gasteiger partial charge is 0.493 e. The Hall–Kier alpha value is -2.76. The summed E-state index contributed by atoms with van der Waals surface area (Å²) in [5.74, 6) is 2.09. The number of hydrogen-bond donors (Lipinski definition) is 0. The Kier molecular flexibility index (Phi) is 4.55. The van der Waals surface area contributed by atoms with E-state index in [-0.39, 0.29) is 11.9 Å². The quantitative estimate of drug-likeness (QED) is 0.841. The van der Waals surface area contributed by atoms with Crippen LogP contribution < -0.4 is 14.4 Å². The molecule has 0 aliphatic carbocycles. The zero-order valence-corrected chi connectivity index (χ0v) is 14.1. The summed E-state index contributed by atoms with van der Waals surface area (Å²) in [6.45, 7) is 1.57. The standard InChI is InChI=1S/C18H21N3O3/c1-20(14-11-21(12-14)17-6-4-5-9-19-17)18(22)13-7-8-15(23-2)16(10-13)24-3/h4-10,14H,11-12H2,1-3H3. The Morgan fingerprint density at radius 3 is 2.54 bits per heavy atom. The molecule has 1 aliphatic rings. The normalized spacial score (nSPS) is 14.0. The summed E-state index contributed by atoms with van der Waals surface area (Å²) >= 11 is 0. The lowest BCUT2D eigenvalue weighted by Crippen LogP contribution is -2.60. The number of benzene rings is 1. The summed E-state index contributed by atoms with van der Waals surface area (Å²) in [6, 6.07) is 11.2. The highest BCUT2D eigenvalue weighted by Crippen LogP contribution is 2.29. The molecule has 0 N–H and O–H groups in total. The van der Waals surface area contributed by atoms with Crippen LogP contribution in [-0.4, -0.2) is 56.2 Å². The second kappa shape index (κ2) is 6.78. The number of ether oxygens (including phenoxy) is 2. The van der Waals surface area contributed by atoms with Crippen molar-refractivity contribution in [2.75, 3.05) is 39.3 Å². The minimum absolute atomic E-state index is 0.0263. The molecule has 24 heavy (non-hydrogen) atoms. The zero-order valence-electron chi connectivity index (χ0n) is 14.1. The third kappa shape index (κ3) is 2.99. The Morgan fingerprint density at radius 2 is 1.92 bits per heavy atom. The van der Waals surface area contributed by atoms with Crippen LogP contribution in [0.15, 0.2) is 42.6 Å². The van der Waals surface area contributed by atoms with Gasteiger partial charge in [0.05, 0.1) is 20.3 Å². The van der Waals surface area contributed by atoms with E-state index in [9.17, 15) is 4.79 Å². The van der Waals surface area contributed by atoms with Crippen molar-refractivity contribution in [2.24, 2.45) is 0 Å². The second-order valence-corrected chi connectivity index (χ2v) is 5.73. The number of methoxy groups -OCH3 is 2. The maximum absolute atomic E-state index is 12.7. The van der Waals surface area contributed by atoms with E-state index in [4.69, 9.17) is 9.47 Å². The van der Waals surface area contributed by atoms with E-state index in [0.29, 0.717) is 17.1 Å². The Labute approximate surface area is 141 Å². The van der Waals surface area contributed by atoms with Crippen LogP contribution in [-0.2, 0) is 0 Å². The van der Waals surface area contributed by atoms with Crippen LogP contribution in [0.2, 0.25) is 0 Å². The van der Waals surface area contributed by atoms with Crippen LogP contribution >= 0.6 is 0 Å². The average molecular weight is 327 g/mol. The molecule has 1 amide bonds. The van der Waals surface area contributed by atoms with Gasteiger partial charge in [-0.05, 0) is 30.3 Å². The fourth-order valence-corrected chi connectivity index (χ4v) is 2.77. The number of hydrogen-bond acceptors (Lipinski definition) is 5. The minimum Gasteiger partial charge on any atom is -0.493 e. The molecule has 0 radical (unpaired) electrons. The molecule has 1 aliphatic heterocycles. The Morgan fingerprint density at radius 1 is 1.17 bits per heavy atom. The van der Waals surface area contributed by atoms with E-state index in [1.807, 2.05) is 25.2 Å². The summed E-state index contributed by atoms with van der Waals surface area (Å²) in [4.78, 5) is 21.0. The summed E-state index contributed by atoms with van der Waals surface area (Å²) in [5, 5.41) is 0. The molecule has 6 nitrogen and oxygen atoms in total. The first kappa shape index (κ1) is 16.1. The van der Waals surface area contributed by atoms with E-state index >= 15 is 0 Å². The fourth-order valence-electron chi connectivity index (χ4n) is 2.77. The van der Waals surface area contributed by atoms with Crippen LogP contribution in [0.3, 0.4) is 0 Å². The van der Waals surface area contributed by atoms with Crippen LogP contribution in [0, 0.1) is 0 Å². The van der Waals surface area contributed by atoms with Crippen molar-refractivity contribution in [1.29, 1.82) is 0 Å². The highest BCUT2D eigenvalue weighted by molar-refractivity contribution is 5.95. The molecule has 0 saturated carbocycles. The SMILES string of the molecule is COc1ccc(C(=O)N(C)C2CN(c3ccccn3)C2)cc1OC. The number of amides is 1. The third-order valence-corrected chi connectivity index (χ3v) is 4.33. The smallest absolute Gasteiger partial charge is 0.254 e. The van der Waals surface area contributed by atoms with Gasteiger partial charge < -0.3 is 19.3 Å². The third-order valence-electron chi connectivity index (χ3n) is 4.33. The molecule has 1 saturated heterocycles. The van der Waals surface area contributed by atoms with Gasteiger partial charge in [-0.1, -0.05) is 6.07 Å². The molecule has 6 heteroatoms. The van der Waals surface area contributed by atoms with Gasteiger partial charge in [0.25, 0.3) is 5.91 Å². The van der Waals surface area contributed by atoms with Gasteiger partial charge in [0.1, 0.15) is 5.82 Å². The highest BCUT2D eigenvalue weighted by atomic mass is 16.5. The Balaban J connectivity index is 1.66. The number of rotatable bonds is 5. The van der Waals surface area contributed by atoms with E-state index in [0.717, 1.165) is 18.9 Å². The van der Waals surface area contributed by atoms with Gasteiger partial charge in [0, 0.05) is 31.9 Å². The van der Waals surface area contributed by atoms with Crippen molar-refractivity contribution in [3.8, 4) is 11.5 Å². The van der Waals surface area contributed by atoms with Crippen molar-refractivity contribution in [2.45, 2.75) is 6.04 Å². The van der Waals surface area contributed by atoms with Gasteiger partial charge in [0.2, 0.25) is 0 Å². The van der Waals surface area contributed by atoms with Crippen molar-refractivity contribution in [1.82, 2.24) is 9.88 Å². The van der Waals surface area contributed by atoms with E-state index < -0.39 is 0 Å². The molecule has 2 aromatic rings. The number of anilines is 1. The molecule has 2 heterocycles. The number of likely N-dealkylation sites (N-methyl/N-ethyl adjacent to an activating group) is 1. The zero-order chi connectivity index (χ0) is 17.1. The summed E-state index contributed by atoms with van der Waals surface area (Å²) in [6.07, 6.45) is 1.78. The maximum Gasteiger partial charge on any atom is 0.254 e. The monoisotopic (exact) mass is 327 g/mol. The maximum atomic E-state index is 12.7. The molecule has 126 valence electrons. The molecule has 0 spiro atoms. The molecular formula is C18H21N3O3. The van der Waals surface area contributed by atoms with Gasteiger partial charge in [0.15, 0.2) is 11.5 Å². The van der Waals surface area contributed by atoms with Crippen LogP contribution in [0.25, 0.3) is 0 Å². The molecule has 0 atom stereocenters.